The van der Waals surface area contributed by atoms with E-state index in [4.69, 9.17) is 10.5 Å². The molecule has 3 N–H and O–H groups in total. The highest BCUT2D eigenvalue weighted by atomic mass is 16.5. The van der Waals surface area contributed by atoms with Crippen molar-refractivity contribution in [2.24, 2.45) is 5.73 Å². The van der Waals surface area contributed by atoms with Gasteiger partial charge in [-0.25, -0.2) is 0 Å². The van der Waals surface area contributed by atoms with Crippen molar-refractivity contribution >= 4 is 5.91 Å². The van der Waals surface area contributed by atoms with Gasteiger partial charge in [0.1, 0.15) is 5.75 Å². The molecule has 2 aromatic carbocycles. The smallest absolute Gasteiger partial charge is 0.254 e. The molecule has 0 unspecified atom stereocenters. The molecule has 0 spiro atoms. The second kappa shape index (κ2) is 10.1. The van der Waals surface area contributed by atoms with Crippen molar-refractivity contribution in [2.75, 3.05) is 26.2 Å². The lowest BCUT2D eigenvalue weighted by Gasteiger charge is -2.31. The summed E-state index contributed by atoms with van der Waals surface area (Å²) >= 11 is 0. The molecule has 2 aromatic rings. The molecule has 0 saturated carbocycles. The third-order valence-electron chi connectivity index (χ3n) is 6.41. The summed E-state index contributed by atoms with van der Waals surface area (Å²) in [5, 5.41) is 3.78. The SMILES string of the molecule is NCCCOc1ccc(C(=O)N2C[C@@H](c3ccccc3)[C@@H]3NCCCCC[C@@H]32)cc1. The van der Waals surface area contributed by atoms with Crippen LogP contribution in [0.2, 0.25) is 0 Å². The van der Waals surface area contributed by atoms with E-state index in [2.05, 4.69) is 40.5 Å². The minimum Gasteiger partial charge on any atom is -0.494 e. The van der Waals surface area contributed by atoms with Crippen LogP contribution < -0.4 is 15.8 Å². The summed E-state index contributed by atoms with van der Waals surface area (Å²) in [5.74, 6) is 1.24. The maximum Gasteiger partial charge on any atom is 0.254 e. The van der Waals surface area contributed by atoms with E-state index in [1.807, 2.05) is 24.3 Å². The van der Waals surface area contributed by atoms with Crippen LogP contribution in [0.4, 0.5) is 0 Å². The van der Waals surface area contributed by atoms with Gasteiger partial charge >= 0.3 is 0 Å². The molecule has 5 nitrogen and oxygen atoms in total. The molecule has 0 aromatic heterocycles. The highest BCUT2D eigenvalue weighted by Gasteiger charge is 2.44. The van der Waals surface area contributed by atoms with Gasteiger partial charge in [0.05, 0.1) is 6.61 Å². The number of rotatable bonds is 6. The van der Waals surface area contributed by atoms with E-state index in [0.29, 0.717) is 25.1 Å². The summed E-state index contributed by atoms with van der Waals surface area (Å²) in [5.41, 5.74) is 7.57. The van der Waals surface area contributed by atoms with Crippen molar-refractivity contribution < 1.29 is 9.53 Å². The Morgan fingerprint density at radius 1 is 1.07 bits per heavy atom. The number of hydrogen-bond donors (Lipinski definition) is 2. The van der Waals surface area contributed by atoms with Crippen molar-refractivity contribution in [1.29, 1.82) is 0 Å². The minimum atomic E-state index is 0.124. The maximum atomic E-state index is 13.5. The molecule has 2 heterocycles. The van der Waals surface area contributed by atoms with Gasteiger partial charge in [0.15, 0.2) is 0 Å². The largest absolute Gasteiger partial charge is 0.494 e. The molecule has 3 atom stereocenters. The van der Waals surface area contributed by atoms with Crippen LogP contribution in [0.3, 0.4) is 0 Å². The molecule has 160 valence electrons. The number of carbonyl (C=O) groups excluding carboxylic acids is 1. The average molecular weight is 408 g/mol. The number of nitrogens with one attached hydrogen (secondary N) is 1. The van der Waals surface area contributed by atoms with Gasteiger partial charge in [0, 0.05) is 30.1 Å². The molecule has 30 heavy (non-hydrogen) atoms. The number of amides is 1. The van der Waals surface area contributed by atoms with Crippen LogP contribution in [0.15, 0.2) is 54.6 Å². The maximum absolute atomic E-state index is 13.5. The van der Waals surface area contributed by atoms with Gasteiger partial charge in [0.2, 0.25) is 0 Å². The number of ether oxygens (including phenoxy) is 1. The topological polar surface area (TPSA) is 67.6 Å². The number of nitrogens with zero attached hydrogens (tertiary/aromatic N) is 1. The van der Waals surface area contributed by atoms with Gasteiger partial charge in [-0.3, -0.25) is 4.79 Å². The fourth-order valence-electron chi connectivity index (χ4n) is 4.84. The Balaban J connectivity index is 1.53. The van der Waals surface area contributed by atoms with Crippen LogP contribution in [-0.2, 0) is 0 Å². The molecule has 2 aliphatic heterocycles. The van der Waals surface area contributed by atoms with E-state index in [9.17, 15) is 4.79 Å². The fraction of sp³-hybridized carbons (Fsp3) is 0.480. The predicted molar refractivity (Wildman–Crippen MR) is 120 cm³/mol. The lowest BCUT2D eigenvalue weighted by Crippen LogP contribution is -2.47. The van der Waals surface area contributed by atoms with Crippen molar-refractivity contribution in [3.05, 3.63) is 65.7 Å². The van der Waals surface area contributed by atoms with Crippen LogP contribution in [0.1, 0.15) is 53.9 Å². The summed E-state index contributed by atoms with van der Waals surface area (Å²) in [6.45, 7) is 3.01. The molecule has 2 saturated heterocycles. The molecule has 1 amide bonds. The number of hydrogen-bond acceptors (Lipinski definition) is 4. The van der Waals surface area contributed by atoms with E-state index in [1.54, 1.807) is 0 Å². The molecule has 2 aliphatic rings. The third-order valence-corrected chi connectivity index (χ3v) is 6.41. The van der Waals surface area contributed by atoms with Crippen molar-refractivity contribution in [2.45, 2.75) is 50.1 Å². The fourth-order valence-corrected chi connectivity index (χ4v) is 4.84. The van der Waals surface area contributed by atoms with Crippen LogP contribution in [0, 0.1) is 0 Å². The monoisotopic (exact) mass is 407 g/mol. The highest BCUT2D eigenvalue weighted by molar-refractivity contribution is 5.95. The normalized spacial score (nSPS) is 24.0. The molecule has 0 radical (unpaired) electrons. The zero-order chi connectivity index (χ0) is 20.8. The summed E-state index contributed by atoms with van der Waals surface area (Å²) in [6, 6.07) is 18.8. The number of nitrogens with two attached hydrogens (primary N) is 1. The number of fused-ring (bicyclic) bond motifs is 1. The van der Waals surface area contributed by atoms with Crippen LogP contribution >= 0.6 is 0 Å². The first kappa shape index (κ1) is 20.9. The van der Waals surface area contributed by atoms with Gasteiger partial charge in [-0.15, -0.1) is 0 Å². The summed E-state index contributed by atoms with van der Waals surface area (Å²) in [4.78, 5) is 15.6. The third kappa shape index (κ3) is 4.68. The Kier molecular flexibility index (Phi) is 7.03. The Bertz CT molecular complexity index is 809. The molecule has 2 fully saturated rings. The van der Waals surface area contributed by atoms with Gasteiger partial charge in [-0.05, 0) is 62.2 Å². The number of carbonyl (C=O) groups is 1. The average Bonchev–Trinajstić information content (AvgIpc) is 3.11. The van der Waals surface area contributed by atoms with Gasteiger partial charge in [0.25, 0.3) is 5.91 Å². The van der Waals surface area contributed by atoms with Gasteiger partial charge < -0.3 is 20.7 Å². The van der Waals surface area contributed by atoms with Crippen LogP contribution in [0.25, 0.3) is 0 Å². The van der Waals surface area contributed by atoms with E-state index < -0.39 is 0 Å². The zero-order valence-electron chi connectivity index (χ0n) is 17.6. The number of benzene rings is 2. The van der Waals surface area contributed by atoms with Crippen molar-refractivity contribution in [1.82, 2.24) is 10.2 Å². The van der Waals surface area contributed by atoms with Crippen molar-refractivity contribution in [3.63, 3.8) is 0 Å². The number of likely N-dealkylation sites (tertiary alicyclic amines) is 1. The van der Waals surface area contributed by atoms with Crippen LogP contribution in [0.5, 0.6) is 5.75 Å². The van der Waals surface area contributed by atoms with E-state index in [1.165, 1.54) is 24.8 Å². The molecule has 4 rings (SSSR count). The molecule has 5 heteroatoms. The Labute approximate surface area is 179 Å². The lowest BCUT2D eigenvalue weighted by atomic mass is 9.88. The molecular formula is C25H33N3O2. The minimum absolute atomic E-state index is 0.124. The quantitative estimate of drug-likeness (QED) is 0.719. The van der Waals surface area contributed by atoms with E-state index in [-0.39, 0.29) is 11.9 Å². The predicted octanol–water partition coefficient (Wildman–Crippen LogP) is 3.55. The van der Waals surface area contributed by atoms with Crippen LogP contribution in [-0.4, -0.2) is 49.1 Å². The first-order valence-corrected chi connectivity index (χ1v) is 11.3. The molecule has 0 bridgehead atoms. The van der Waals surface area contributed by atoms with Gasteiger partial charge in [-0.1, -0.05) is 43.2 Å². The standard InChI is InChI=1S/C25H33N3O2/c26-15-7-17-30-21-13-11-20(12-14-21)25(29)28-18-22(19-8-3-1-4-9-19)24-23(28)10-5-2-6-16-27-24/h1,3-4,8-9,11-14,22-24,27H,2,5-7,10,15-18,26H2/t22-,23-,24-/m0/s1. The van der Waals surface area contributed by atoms with E-state index >= 15 is 0 Å². The summed E-state index contributed by atoms with van der Waals surface area (Å²) in [6.07, 6.45) is 5.51. The zero-order valence-corrected chi connectivity index (χ0v) is 17.6. The first-order valence-electron chi connectivity index (χ1n) is 11.3. The molecule has 0 aliphatic carbocycles. The summed E-state index contributed by atoms with van der Waals surface area (Å²) < 4.78 is 5.68. The lowest BCUT2D eigenvalue weighted by molar-refractivity contribution is 0.0713. The molecular weight excluding hydrogens is 374 g/mol. The first-order chi connectivity index (χ1) is 14.8. The second-order valence-electron chi connectivity index (χ2n) is 8.39. The Hall–Kier alpha value is -2.37. The summed E-state index contributed by atoms with van der Waals surface area (Å²) in [7, 11) is 0. The second-order valence-corrected chi connectivity index (χ2v) is 8.39. The van der Waals surface area contributed by atoms with E-state index in [0.717, 1.165) is 37.2 Å². The highest BCUT2D eigenvalue weighted by Crippen LogP contribution is 2.36. The Morgan fingerprint density at radius 3 is 2.63 bits per heavy atom. The van der Waals surface area contributed by atoms with Gasteiger partial charge in [-0.2, -0.15) is 0 Å². The van der Waals surface area contributed by atoms with Crippen molar-refractivity contribution in [3.8, 4) is 5.75 Å². The Morgan fingerprint density at radius 2 is 1.87 bits per heavy atom.